The van der Waals surface area contributed by atoms with Gasteiger partial charge in [0.1, 0.15) is 13.2 Å². The second kappa shape index (κ2) is 7.35. The highest BCUT2D eigenvalue weighted by Crippen LogP contribution is 2.31. The average Bonchev–Trinajstić information content (AvgIpc) is 2.59. The molecule has 0 aliphatic carbocycles. The number of amides is 1. The zero-order valence-corrected chi connectivity index (χ0v) is 13.1. The molecule has 2 aliphatic rings. The van der Waals surface area contributed by atoms with E-state index in [0.717, 1.165) is 5.56 Å². The van der Waals surface area contributed by atoms with Crippen LogP contribution in [0.15, 0.2) is 24.3 Å². The van der Waals surface area contributed by atoms with Gasteiger partial charge < -0.3 is 24.2 Å². The van der Waals surface area contributed by atoms with Crippen LogP contribution in [0, 0.1) is 0 Å². The molecule has 0 saturated carbocycles. The van der Waals surface area contributed by atoms with Crippen molar-refractivity contribution in [2.24, 2.45) is 0 Å². The van der Waals surface area contributed by atoms with Crippen molar-refractivity contribution in [1.82, 2.24) is 4.90 Å². The zero-order valence-electron chi connectivity index (χ0n) is 13.1. The van der Waals surface area contributed by atoms with Gasteiger partial charge in [-0.1, -0.05) is 6.07 Å². The Kier molecular flexibility index (Phi) is 5.00. The van der Waals surface area contributed by atoms with E-state index < -0.39 is 12.1 Å². The molecule has 1 aromatic carbocycles. The monoisotopic (exact) mass is 333 g/mol. The molecule has 1 N–H and O–H groups in total. The van der Waals surface area contributed by atoms with Crippen molar-refractivity contribution in [2.45, 2.75) is 12.5 Å². The average molecular weight is 333 g/mol. The molecule has 1 fully saturated rings. The predicted molar refractivity (Wildman–Crippen MR) is 85.0 cm³/mol. The predicted octanol–water partition coefficient (Wildman–Crippen LogP) is 1.17. The molecular formula is C17H19NO6. The Hall–Kier alpha value is -2.54. The van der Waals surface area contributed by atoms with Gasteiger partial charge in [0.15, 0.2) is 11.5 Å². The Balaban J connectivity index is 1.61. The van der Waals surface area contributed by atoms with Gasteiger partial charge in [0, 0.05) is 19.2 Å². The van der Waals surface area contributed by atoms with E-state index in [0.29, 0.717) is 37.9 Å². The van der Waals surface area contributed by atoms with Crippen LogP contribution in [-0.4, -0.2) is 60.9 Å². The molecule has 1 unspecified atom stereocenters. The summed E-state index contributed by atoms with van der Waals surface area (Å²) in [4.78, 5) is 24.6. The highest BCUT2D eigenvalue weighted by Gasteiger charge is 2.24. The summed E-state index contributed by atoms with van der Waals surface area (Å²) >= 11 is 0. The molecule has 0 aromatic heterocycles. The number of hydrogen-bond acceptors (Lipinski definition) is 5. The lowest BCUT2D eigenvalue weighted by molar-refractivity contribution is -0.145. The van der Waals surface area contributed by atoms with Crippen molar-refractivity contribution < 1.29 is 28.9 Å². The minimum Gasteiger partial charge on any atom is -0.486 e. The number of ether oxygens (including phenoxy) is 3. The van der Waals surface area contributed by atoms with Crippen molar-refractivity contribution in [3.05, 3.63) is 29.8 Å². The SMILES string of the molecule is O=C(O)CC1CN(C(=O)C=Cc2ccc3c(c2)OCCO3)CCO1. The molecule has 0 bridgehead atoms. The number of benzene rings is 1. The van der Waals surface area contributed by atoms with E-state index in [2.05, 4.69) is 0 Å². The van der Waals surface area contributed by atoms with Crippen molar-refractivity contribution in [3.8, 4) is 11.5 Å². The van der Waals surface area contributed by atoms with Gasteiger partial charge in [-0.2, -0.15) is 0 Å². The molecule has 7 nitrogen and oxygen atoms in total. The number of nitrogens with zero attached hydrogens (tertiary/aromatic N) is 1. The Bertz CT molecular complexity index is 656. The van der Waals surface area contributed by atoms with E-state index in [1.807, 2.05) is 18.2 Å². The van der Waals surface area contributed by atoms with Crippen LogP contribution in [0.1, 0.15) is 12.0 Å². The highest BCUT2D eigenvalue weighted by atomic mass is 16.6. The maximum Gasteiger partial charge on any atom is 0.306 e. The Morgan fingerprint density at radius 3 is 2.79 bits per heavy atom. The van der Waals surface area contributed by atoms with Crippen LogP contribution < -0.4 is 9.47 Å². The number of fused-ring (bicyclic) bond motifs is 1. The summed E-state index contributed by atoms with van der Waals surface area (Å²) in [5, 5.41) is 8.82. The first kappa shape index (κ1) is 16.3. The van der Waals surface area contributed by atoms with E-state index in [1.165, 1.54) is 6.08 Å². The Morgan fingerprint density at radius 2 is 2.00 bits per heavy atom. The molecule has 0 spiro atoms. The number of hydrogen-bond donors (Lipinski definition) is 1. The summed E-state index contributed by atoms with van der Waals surface area (Å²) in [6.45, 7) is 2.14. The molecule has 1 aromatic rings. The summed E-state index contributed by atoms with van der Waals surface area (Å²) in [6, 6.07) is 5.49. The van der Waals surface area contributed by atoms with Gasteiger partial charge in [0.05, 0.1) is 19.1 Å². The fourth-order valence-electron chi connectivity index (χ4n) is 2.67. The first-order valence-corrected chi connectivity index (χ1v) is 7.82. The van der Waals surface area contributed by atoms with Crippen LogP contribution in [-0.2, 0) is 14.3 Å². The number of carbonyl (C=O) groups excluding carboxylic acids is 1. The minimum atomic E-state index is -0.930. The number of carboxylic acids is 1. The van der Waals surface area contributed by atoms with Gasteiger partial charge in [-0.05, 0) is 23.8 Å². The Morgan fingerprint density at radius 1 is 1.21 bits per heavy atom. The van der Waals surface area contributed by atoms with Gasteiger partial charge in [-0.15, -0.1) is 0 Å². The third-order valence-electron chi connectivity index (χ3n) is 3.84. The first-order valence-electron chi connectivity index (χ1n) is 7.82. The number of carboxylic acid groups (broad SMARTS) is 1. The smallest absolute Gasteiger partial charge is 0.306 e. The van der Waals surface area contributed by atoms with E-state index >= 15 is 0 Å². The molecule has 1 saturated heterocycles. The maximum absolute atomic E-state index is 12.3. The van der Waals surface area contributed by atoms with Crippen LogP contribution in [0.3, 0.4) is 0 Å². The van der Waals surface area contributed by atoms with Crippen LogP contribution >= 0.6 is 0 Å². The molecule has 7 heteroatoms. The van der Waals surface area contributed by atoms with Crippen molar-refractivity contribution in [3.63, 3.8) is 0 Å². The number of carbonyl (C=O) groups is 2. The molecule has 2 heterocycles. The van der Waals surface area contributed by atoms with E-state index in [9.17, 15) is 9.59 Å². The van der Waals surface area contributed by atoms with Crippen LogP contribution in [0.4, 0.5) is 0 Å². The molecule has 128 valence electrons. The molecular weight excluding hydrogens is 314 g/mol. The zero-order chi connectivity index (χ0) is 16.9. The topological polar surface area (TPSA) is 85.3 Å². The second-order valence-corrected chi connectivity index (χ2v) is 5.61. The lowest BCUT2D eigenvalue weighted by Crippen LogP contribution is -2.45. The van der Waals surface area contributed by atoms with Gasteiger partial charge >= 0.3 is 5.97 Å². The number of morpholine rings is 1. The maximum atomic E-state index is 12.3. The lowest BCUT2D eigenvalue weighted by atomic mass is 10.1. The minimum absolute atomic E-state index is 0.102. The molecule has 2 aliphatic heterocycles. The third-order valence-corrected chi connectivity index (χ3v) is 3.84. The summed E-state index contributed by atoms with van der Waals surface area (Å²) in [5.74, 6) is 0.280. The summed E-state index contributed by atoms with van der Waals surface area (Å²) < 4.78 is 16.3. The van der Waals surface area contributed by atoms with E-state index in [1.54, 1.807) is 11.0 Å². The van der Waals surface area contributed by atoms with Gasteiger partial charge in [-0.3, -0.25) is 9.59 Å². The van der Waals surface area contributed by atoms with E-state index in [4.69, 9.17) is 19.3 Å². The molecule has 24 heavy (non-hydrogen) atoms. The van der Waals surface area contributed by atoms with Crippen LogP contribution in [0.25, 0.3) is 6.08 Å². The second-order valence-electron chi connectivity index (χ2n) is 5.61. The van der Waals surface area contributed by atoms with Crippen LogP contribution in [0.5, 0.6) is 11.5 Å². The van der Waals surface area contributed by atoms with Gasteiger partial charge in [0.2, 0.25) is 5.91 Å². The first-order chi connectivity index (χ1) is 11.6. The van der Waals surface area contributed by atoms with Crippen molar-refractivity contribution in [2.75, 3.05) is 32.9 Å². The summed E-state index contributed by atoms with van der Waals surface area (Å²) in [7, 11) is 0. The number of aliphatic carboxylic acids is 1. The van der Waals surface area contributed by atoms with Crippen LogP contribution in [0.2, 0.25) is 0 Å². The molecule has 0 radical (unpaired) electrons. The largest absolute Gasteiger partial charge is 0.486 e. The fourth-order valence-corrected chi connectivity index (χ4v) is 2.67. The van der Waals surface area contributed by atoms with Gasteiger partial charge in [0.25, 0.3) is 0 Å². The molecule has 3 rings (SSSR count). The highest BCUT2D eigenvalue weighted by molar-refractivity contribution is 5.92. The van der Waals surface area contributed by atoms with Crippen molar-refractivity contribution in [1.29, 1.82) is 0 Å². The molecule has 1 atom stereocenters. The number of rotatable bonds is 4. The normalized spacial score (nSPS) is 20.2. The third kappa shape index (κ3) is 4.05. The van der Waals surface area contributed by atoms with E-state index in [-0.39, 0.29) is 18.9 Å². The summed E-state index contributed by atoms with van der Waals surface area (Å²) in [5.41, 5.74) is 0.836. The Labute approximate surface area is 139 Å². The fraction of sp³-hybridized carbons (Fsp3) is 0.412. The van der Waals surface area contributed by atoms with Gasteiger partial charge in [-0.25, -0.2) is 0 Å². The standard InChI is InChI=1S/C17H19NO6/c19-16(18-5-6-22-13(11-18)10-17(20)21)4-2-12-1-3-14-15(9-12)24-8-7-23-14/h1-4,9,13H,5-8,10-11H2,(H,20,21). The van der Waals surface area contributed by atoms with Crippen molar-refractivity contribution >= 4 is 18.0 Å². The summed E-state index contributed by atoms with van der Waals surface area (Å²) in [6.07, 6.45) is 2.63. The quantitative estimate of drug-likeness (QED) is 0.833. The molecule has 1 amide bonds. The lowest BCUT2D eigenvalue weighted by Gasteiger charge is -2.31.